The Kier molecular flexibility index (Phi) is 4.33. The molecule has 1 unspecified atom stereocenters. The van der Waals surface area contributed by atoms with E-state index in [1.165, 1.54) is 18.2 Å². The first-order valence-electron chi connectivity index (χ1n) is 6.60. The number of aryl methyl sites for hydroxylation is 1. The second kappa shape index (κ2) is 6.01. The smallest absolute Gasteiger partial charge is 0.315 e. The van der Waals surface area contributed by atoms with Crippen molar-refractivity contribution in [2.24, 2.45) is 5.73 Å². The number of hydrogen-bond acceptors (Lipinski definition) is 3. The van der Waals surface area contributed by atoms with Crippen molar-refractivity contribution < 1.29 is 14.3 Å². The van der Waals surface area contributed by atoms with Crippen molar-refractivity contribution in [1.82, 2.24) is 4.98 Å². The van der Waals surface area contributed by atoms with Gasteiger partial charge in [-0.15, -0.1) is 0 Å². The fourth-order valence-electron chi connectivity index (χ4n) is 2.41. The zero-order chi connectivity index (χ0) is 15.5. The molecule has 4 nitrogen and oxygen atoms in total. The second-order valence-electron chi connectivity index (χ2n) is 5.02. The van der Waals surface area contributed by atoms with E-state index in [4.69, 9.17) is 5.73 Å². The number of halogens is 1. The Balaban J connectivity index is 2.53. The van der Waals surface area contributed by atoms with Crippen LogP contribution in [-0.2, 0) is 16.6 Å². The molecule has 1 atom stereocenters. The molecule has 1 aromatic carbocycles. The predicted octanol–water partition coefficient (Wildman–Crippen LogP) is 2.05. The quantitative estimate of drug-likeness (QED) is 0.883. The highest BCUT2D eigenvalue weighted by atomic mass is 19.1. The van der Waals surface area contributed by atoms with Gasteiger partial charge in [-0.3, -0.25) is 9.78 Å². The Hall–Kier alpha value is -2.27. The van der Waals surface area contributed by atoms with Gasteiger partial charge in [0.1, 0.15) is 11.2 Å². The lowest BCUT2D eigenvalue weighted by atomic mass is 9.76. The van der Waals surface area contributed by atoms with Gasteiger partial charge < -0.3 is 10.8 Å². The van der Waals surface area contributed by atoms with Crippen LogP contribution in [-0.4, -0.2) is 22.6 Å². The normalized spacial score (nSPS) is 13.7. The van der Waals surface area contributed by atoms with Gasteiger partial charge in [0.25, 0.3) is 0 Å². The summed E-state index contributed by atoms with van der Waals surface area (Å²) in [6.07, 6.45) is 0.0431. The summed E-state index contributed by atoms with van der Waals surface area (Å²) in [5, 5.41) is 9.66. The minimum absolute atomic E-state index is 0.0431. The van der Waals surface area contributed by atoms with Crippen molar-refractivity contribution in [3.63, 3.8) is 0 Å². The number of rotatable bonds is 5. The molecule has 0 saturated carbocycles. The van der Waals surface area contributed by atoms with Gasteiger partial charge in [-0.05, 0) is 25.1 Å². The molecule has 0 aliphatic carbocycles. The number of pyridine rings is 1. The lowest BCUT2D eigenvalue weighted by molar-refractivity contribution is -0.143. The summed E-state index contributed by atoms with van der Waals surface area (Å²) in [5.41, 5.74) is 5.64. The van der Waals surface area contributed by atoms with Crippen LogP contribution >= 0.6 is 0 Å². The SMILES string of the molecule is Cc1cccc(CC(CN)(C(=O)O)c2ccccc2F)n1. The molecule has 110 valence electrons. The van der Waals surface area contributed by atoms with Crippen LogP contribution in [0.15, 0.2) is 42.5 Å². The van der Waals surface area contributed by atoms with E-state index < -0.39 is 17.2 Å². The van der Waals surface area contributed by atoms with Crippen molar-refractivity contribution in [3.8, 4) is 0 Å². The maximum Gasteiger partial charge on any atom is 0.315 e. The van der Waals surface area contributed by atoms with E-state index in [2.05, 4.69) is 4.98 Å². The Morgan fingerprint density at radius 2 is 2.00 bits per heavy atom. The molecular formula is C16H17FN2O2. The van der Waals surface area contributed by atoms with Crippen molar-refractivity contribution in [1.29, 1.82) is 0 Å². The van der Waals surface area contributed by atoms with Gasteiger partial charge >= 0.3 is 5.97 Å². The standard InChI is InChI=1S/C16H17FN2O2/c1-11-5-4-6-12(19-11)9-16(10-18,15(20)21)13-7-2-3-8-14(13)17/h2-8H,9-10,18H2,1H3,(H,20,21). The van der Waals surface area contributed by atoms with Gasteiger partial charge in [-0.1, -0.05) is 24.3 Å². The Morgan fingerprint density at radius 1 is 1.29 bits per heavy atom. The summed E-state index contributed by atoms with van der Waals surface area (Å²) in [7, 11) is 0. The Labute approximate surface area is 122 Å². The second-order valence-corrected chi connectivity index (χ2v) is 5.02. The number of aliphatic carboxylic acids is 1. The van der Waals surface area contributed by atoms with E-state index >= 15 is 0 Å². The van der Waals surface area contributed by atoms with E-state index in [0.717, 1.165) is 5.69 Å². The lowest BCUT2D eigenvalue weighted by Crippen LogP contribution is -2.45. The number of carbonyl (C=O) groups is 1. The number of hydrogen-bond donors (Lipinski definition) is 2. The van der Waals surface area contributed by atoms with Gasteiger partial charge in [0.15, 0.2) is 0 Å². The van der Waals surface area contributed by atoms with E-state index in [1.54, 1.807) is 18.2 Å². The summed E-state index contributed by atoms with van der Waals surface area (Å²) in [4.78, 5) is 16.1. The fourth-order valence-corrected chi connectivity index (χ4v) is 2.41. The molecule has 3 N–H and O–H groups in total. The molecule has 21 heavy (non-hydrogen) atoms. The van der Waals surface area contributed by atoms with Gasteiger partial charge in [-0.2, -0.15) is 0 Å². The van der Waals surface area contributed by atoms with E-state index in [-0.39, 0.29) is 18.5 Å². The van der Waals surface area contributed by atoms with Crippen LogP contribution in [0.4, 0.5) is 4.39 Å². The third-order valence-corrected chi connectivity index (χ3v) is 3.58. The van der Waals surface area contributed by atoms with Crippen LogP contribution in [0.1, 0.15) is 17.0 Å². The summed E-state index contributed by atoms with van der Waals surface area (Å²) >= 11 is 0. The summed E-state index contributed by atoms with van der Waals surface area (Å²) in [6, 6.07) is 11.2. The molecule has 0 aliphatic heterocycles. The Morgan fingerprint density at radius 3 is 2.57 bits per heavy atom. The number of carboxylic acids is 1. The van der Waals surface area contributed by atoms with Crippen molar-refractivity contribution >= 4 is 5.97 Å². The number of benzene rings is 1. The van der Waals surface area contributed by atoms with Crippen molar-refractivity contribution in [2.75, 3.05) is 6.54 Å². The summed E-state index contributed by atoms with van der Waals surface area (Å²) in [5.74, 6) is -1.73. The number of nitrogens with two attached hydrogens (primary N) is 1. The molecule has 0 bridgehead atoms. The fraction of sp³-hybridized carbons (Fsp3) is 0.250. The maximum atomic E-state index is 14.1. The molecule has 5 heteroatoms. The molecule has 0 spiro atoms. The first kappa shape index (κ1) is 15.1. The molecule has 1 heterocycles. The molecule has 0 fully saturated rings. The number of carboxylic acid groups (broad SMARTS) is 1. The van der Waals surface area contributed by atoms with Crippen molar-refractivity contribution in [2.45, 2.75) is 18.8 Å². The first-order valence-corrected chi connectivity index (χ1v) is 6.60. The van der Waals surface area contributed by atoms with E-state index in [9.17, 15) is 14.3 Å². The molecule has 2 rings (SSSR count). The monoisotopic (exact) mass is 288 g/mol. The molecule has 0 amide bonds. The van der Waals surface area contributed by atoms with Crippen LogP contribution in [0, 0.1) is 12.7 Å². The highest BCUT2D eigenvalue weighted by Crippen LogP contribution is 2.30. The Bertz CT molecular complexity index is 660. The molecule has 2 aromatic rings. The molecule has 0 saturated heterocycles. The summed E-state index contributed by atoms with van der Waals surface area (Å²) < 4.78 is 14.1. The van der Waals surface area contributed by atoms with Crippen LogP contribution in [0.3, 0.4) is 0 Å². The molecule has 1 aromatic heterocycles. The van der Waals surface area contributed by atoms with E-state index in [1.807, 2.05) is 13.0 Å². The molecular weight excluding hydrogens is 271 g/mol. The third-order valence-electron chi connectivity index (χ3n) is 3.58. The van der Waals surface area contributed by atoms with Gasteiger partial charge in [-0.25, -0.2) is 4.39 Å². The summed E-state index contributed by atoms with van der Waals surface area (Å²) in [6.45, 7) is 1.61. The topological polar surface area (TPSA) is 76.2 Å². The lowest BCUT2D eigenvalue weighted by Gasteiger charge is -2.28. The van der Waals surface area contributed by atoms with Gasteiger partial charge in [0, 0.05) is 29.9 Å². The van der Waals surface area contributed by atoms with Crippen LogP contribution < -0.4 is 5.73 Å². The number of aromatic nitrogens is 1. The molecule has 0 aliphatic rings. The average Bonchev–Trinajstić information content (AvgIpc) is 2.45. The minimum atomic E-state index is -1.52. The zero-order valence-corrected chi connectivity index (χ0v) is 11.7. The van der Waals surface area contributed by atoms with Gasteiger partial charge in [0.2, 0.25) is 0 Å². The zero-order valence-electron chi connectivity index (χ0n) is 11.7. The van der Waals surface area contributed by atoms with Crippen LogP contribution in [0.2, 0.25) is 0 Å². The molecule has 0 radical (unpaired) electrons. The maximum absolute atomic E-state index is 14.1. The first-order chi connectivity index (χ1) is 9.99. The van der Waals surface area contributed by atoms with Crippen LogP contribution in [0.5, 0.6) is 0 Å². The third kappa shape index (κ3) is 2.92. The number of nitrogens with zero attached hydrogens (tertiary/aromatic N) is 1. The average molecular weight is 288 g/mol. The highest BCUT2D eigenvalue weighted by molar-refractivity contribution is 5.82. The highest BCUT2D eigenvalue weighted by Gasteiger charge is 2.41. The van der Waals surface area contributed by atoms with Crippen molar-refractivity contribution in [3.05, 3.63) is 65.2 Å². The minimum Gasteiger partial charge on any atom is -0.481 e. The van der Waals surface area contributed by atoms with Crippen LogP contribution in [0.25, 0.3) is 0 Å². The van der Waals surface area contributed by atoms with Gasteiger partial charge in [0.05, 0.1) is 0 Å². The largest absolute Gasteiger partial charge is 0.481 e. The predicted molar refractivity (Wildman–Crippen MR) is 77.4 cm³/mol. The van der Waals surface area contributed by atoms with E-state index in [0.29, 0.717) is 5.69 Å².